The number of nitrogens with one attached hydrogen (secondary N) is 1. The topological polar surface area (TPSA) is 80.1 Å². The number of halogens is 1. The molecule has 1 N–H and O–H groups in total. The SMILES string of the molecule is C[C@H](Sc1nnc(-c2ccc(F)cc2)n1C)C(=O)N1CCNC1=O. The van der Waals surface area contributed by atoms with E-state index >= 15 is 0 Å². The zero-order valence-corrected chi connectivity index (χ0v) is 14.0. The Morgan fingerprint density at radius 3 is 2.67 bits per heavy atom. The molecule has 1 aliphatic rings. The van der Waals surface area contributed by atoms with Crippen molar-refractivity contribution in [3.05, 3.63) is 30.1 Å². The van der Waals surface area contributed by atoms with Crippen molar-refractivity contribution in [1.29, 1.82) is 0 Å². The van der Waals surface area contributed by atoms with Gasteiger partial charge in [0.15, 0.2) is 11.0 Å². The Morgan fingerprint density at radius 1 is 1.33 bits per heavy atom. The summed E-state index contributed by atoms with van der Waals surface area (Å²) in [5.41, 5.74) is 0.733. The first-order valence-corrected chi connectivity index (χ1v) is 8.26. The van der Waals surface area contributed by atoms with Crippen LogP contribution in [0.3, 0.4) is 0 Å². The number of rotatable bonds is 4. The third-order valence-electron chi connectivity index (χ3n) is 3.69. The van der Waals surface area contributed by atoms with Gasteiger partial charge >= 0.3 is 6.03 Å². The molecule has 24 heavy (non-hydrogen) atoms. The van der Waals surface area contributed by atoms with Crippen LogP contribution in [-0.4, -0.2) is 49.9 Å². The molecule has 0 aliphatic carbocycles. The molecule has 2 heterocycles. The number of hydrogen-bond donors (Lipinski definition) is 1. The average Bonchev–Trinajstić information content (AvgIpc) is 3.14. The molecule has 3 rings (SSSR count). The molecule has 1 fully saturated rings. The lowest BCUT2D eigenvalue weighted by molar-refractivity contribution is -0.126. The van der Waals surface area contributed by atoms with Gasteiger partial charge in [0.25, 0.3) is 0 Å². The van der Waals surface area contributed by atoms with Crippen molar-refractivity contribution in [3.8, 4) is 11.4 Å². The zero-order chi connectivity index (χ0) is 17.3. The van der Waals surface area contributed by atoms with E-state index in [1.54, 1.807) is 30.7 Å². The van der Waals surface area contributed by atoms with Gasteiger partial charge in [-0.1, -0.05) is 11.8 Å². The van der Waals surface area contributed by atoms with Crippen LogP contribution in [0.1, 0.15) is 6.92 Å². The molecule has 1 saturated heterocycles. The molecule has 0 saturated carbocycles. The summed E-state index contributed by atoms with van der Waals surface area (Å²) >= 11 is 1.23. The Kier molecular flexibility index (Phi) is 4.52. The number of imide groups is 1. The predicted molar refractivity (Wildman–Crippen MR) is 86.8 cm³/mol. The van der Waals surface area contributed by atoms with E-state index in [9.17, 15) is 14.0 Å². The molecular weight excluding hydrogens is 333 g/mol. The monoisotopic (exact) mass is 349 g/mol. The quantitative estimate of drug-likeness (QED) is 0.849. The summed E-state index contributed by atoms with van der Waals surface area (Å²) in [4.78, 5) is 25.1. The van der Waals surface area contributed by atoms with E-state index in [1.165, 1.54) is 28.8 Å². The Balaban J connectivity index is 1.75. The van der Waals surface area contributed by atoms with Crippen molar-refractivity contribution < 1.29 is 14.0 Å². The lowest BCUT2D eigenvalue weighted by atomic mass is 10.2. The molecule has 1 aliphatic heterocycles. The number of urea groups is 1. The molecule has 2 aromatic rings. The lowest BCUT2D eigenvalue weighted by Crippen LogP contribution is -2.39. The molecule has 1 aromatic heterocycles. The summed E-state index contributed by atoms with van der Waals surface area (Å²) in [5.74, 6) is -0.00368. The summed E-state index contributed by atoms with van der Waals surface area (Å²) in [6, 6.07) is 5.59. The number of thioether (sulfide) groups is 1. The molecule has 126 valence electrons. The average molecular weight is 349 g/mol. The minimum absolute atomic E-state index is 0.263. The van der Waals surface area contributed by atoms with Gasteiger partial charge in [-0.25, -0.2) is 9.18 Å². The highest BCUT2D eigenvalue weighted by Crippen LogP contribution is 2.26. The second-order valence-corrected chi connectivity index (χ2v) is 6.66. The highest BCUT2D eigenvalue weighted by Gasteiger charge is 2.31. The van der Waals surface area contributed by atoms with Gasteiger partial charge in [-0.2, -0.15) is 0 Å². The van der Waals surface area contributed by atoms with Crippen LogP contribution >= 0.6 is 11.8 Å². The first-order valence-electron chi connectivity index (χ1n) is 7.38. The van der Waals surface area contributed by atoms with Crippen LogP contribution in [0.15, 0.2) is 29.4 Å². The van der Waals surface area contributed by atoms with E-state index in [0.717, 1.165) is 5.56 Å². The first kappa shape index (κ1) is 16.4. The van der Waals surface area contributed by atoms with Crippen LogP contribution in [0.2, 0.25) is 0 Å². The van der Waals surface area contributed by atoms with Crippen molar-refractivity contribution in [3.63, 3.8) is 0 Å². The van der Waals surface area contributed by atoms with E-state index in [-0.39, 0.29) is 17.8 Å². The smallest absolute Gasteiger partial charge is 0.324 e. The normalized spacial score (nSPS) is 15.5. The van der Waals surface area contributed by atoms with Crippen molar-refractivity contribution in [2.45, 2.75) is 17.3 Å². The maximum Gasteiger partial charge on any atom is 0.324 e. The lowest BCUT2D eigenvalue weighted by Gasteiger charge is -2.16. The maximum atomic E-state index is 13.0. The highest BCUT2D eigenvalue weighted by atomic mass is 32.2. The van der Waals surface area contributed by atoms with Gasteiger partial charge in [-0.15, -0.1) is 10.2 Å². The number of amides is 3. The second kappa shape index (κ2) is 6.60. The Labute approximate surface area is 142 Å². The molecule has 9 heteroatoms. The number of benzene rings is 1. The summed E-state index contributed by atoms with van der Waals surface area (Å²) in [7, 11) is 1.78. The molecule has 1 atom stereocenters. The molecule has 0 unspecified atom stereocenters. The van der Waals surface area contributed by atoms with Gasteiger partial charge < -0.3 is 9.88 Å². The molecule has 1 aromatic carbocycles. The zero-order valence-electron chi connectivity index (χ0n) is 13.2. The number of carbonyl (C=O) groups is 2. The van der Waals surface area contributed by atoms with Crippen LogP contribution in [0.5, 0.6) is 0 Å². The van der Waals surface area contributed by atoms with Gasteiger partial charge in [-0.05, 0) is 31.2 Å². The van der Waals surface area contributed by atoms with Gasteiger partial charge in [0, 0.05) is 25.7 Å². The van der Waals surface area contributed by atoms with Crippen molar-refractivity contribution in [2.24, 2.45) is 7.05 Å². The summed E-state index contributed by atoms with van der Waals surface area (Å²) in [6.07, 6.45) is 0. The minimum Gasteiger partial charge on any atom is -0.336 e. The predicted octanol–water partition coefficient (Wildman–Crippen LogP) is 1.65. The number of hydrogen-bond acceptors (Lipinski definition) is 5. The summed E-state index contributed by atoms with van der Waals surface area (Å²) in [5, 5.41) is 10.9. The van der Waals surface area contributed by atoms with Crippen LogP contribution < -0.4 is 5.32 Å². The second-order valence-electron chi connectivity index (χ2n) is 5.35. The third kappa shape index (κ3) is 3.12. The fraction of sp³-hybridized carbons (Fsp3) is 0.333. The fourth-order valence-corrected chi connectivity index (χ4v) is 3.25. The molecule has 0 bridgehead atoms. The van der Waals surface area contributed by atoms with E-state index in [1.807, 2.05) is 0 Å². The third-order valence-corrected chi connectivity index (χ3v) is 4.81. The number of aromatic nitrogens is 3. The van der Waals surface area contributed by atoms with Crippen molar-refractivity contribution in [2.75, 3.05) is 13.1 Å². The standard InChI is InChI=1S/C15H16FN5O2S/c1-9(13(22)21-8-7-17-14(21)23)24-15-19-18-12(20(15)2)10-3-5-11(16)6-4-10/h3-6,9H,7-8H2,1-2H3,(H,17,23)/t9-/m0/s1. The molecular formula is C15H16FN5O2S. The van der Waals surface area contributed by atoms with E-state index in [4.69, 9.17) is 0 Å². The van der Waals surface area contributed by atoms with Gasteiger partial charge in [0.05, 0.1) is 5.25 Å². The van der Waals surface area contributed by atoms with Gasteiger partial charge in [0.1, 0.15) is 5.82 Å². The summed E-state index contributed by atoms with van der Waals surface area (Å²) < 4.78 is 14.8. The van der Waals surface area contributed by atoms with Crippen LogP contribution in [0.25, 0.3) is 11.4 Å². The van der Waals surface area contributed by atoms with Gasteiger partial charge in [0.2, 0.25) is 5.91 Å². The summed E-state index contributed by atoms with van der Waals surface area (Å²) in [6.45, 7) is 2.58. The van der Waals surface area contributed by atoms with Gasteiger partial charge in [-0.3, -0.25) is 9.69 Å². The maximum absolute atomic E-state index is 13.0. The van der Waals surface area contributed by atoms with Crippen molar-refractivity contribution in [1.82, 2.24) is 25.0 Å². The number of carbonyl (C=O) groups excluding carboxylic acids is 2. The molecule has 0 radical (unpaired) electrons. The molecule has 0 spiro atoms. The Hall–Kier alpha value is -2.42. The Bertz CT molecular complexity index is 777. The first-order chi connectivity index (χ1) is 11.5. The van der Waals surface area contributed by atoms with Crippen LogP contribution in [0.4, 0.5) is 9.18 Å². The van der Waals surface area contributed by atoms with E-state index in [2.05, 4.69) is 15.5 Å². The largest absolute Gasteiger partial charge is 0.336 e. The minimum atomic E-state index is -0.474. The molecule has 3 amide bonds. The fourth-order valence-electron chi connectivity index (χ4n) is 2.38. The van der Waals surface area contributed by atoms with Crippen molar-refractivity contribution >= 4 is 23.7 Å². The highest BCUT2D eigenvalue weighted by molar-refractivity contribution is 8.00. The van der Waals surface area contributed by atoms with E-state index in [0.29, 0.717) is 24.1 Å². The van der Waals surface area contributed by atoms with Crippen LogP contribution in [-0.2, 0) is 11.8 Å². The Morgan fingerprint density at radius 2 is 2.04 bits per heavy atom. The van der Waals surface area contributed by atoms with Crippen LogP contribution in [0, 0.1) is 5.82 Å². The molecule has 7 nitrogen and oxygen atoms in total. The number of nitrogens with zero attached hydrogens (tertiary/aromatic N) is 4. The van der Waals surface area contributed by atoms with E-state index < -0.39 is 5.25 Å².